The predicted molar refractivity (Wildman–Crippen MR) is 112 cm³/mol. The molecule has 3 rings (SSSR count). The zero-order valence-electron chi connectivity index (χ0n) is 17.8. The van der Waals surface area contributed by atoms with Crippen molar-refractivity contribution in [2.75, 3.05) is 0 Å². The van der Waals surface area contributed by atoms with E-state index >= 15 is 0 Å². The number of alkyl halides is 3. The highest BCUT2D eigenvalue weighted by atomic mass is 19.4. The standard InChI is InChI=1S/C22H20F5N5O2/c1-12(28)20(33)29-10-13-3-2-4-15(7-13)32-18(9-19(31-32)22(25,26)27)21(34)30-11-14-5-6-16(23)17(24)8-14/h2-9,12H,10-11,28H2,1H3,(H,29,33)(H,30,34)/t12-/m0/s1. The van der Waals surface area contributed by atoms with E-state index in [0.717, 1.165) is 16.8 Å². The maximum atomic E-state index is 13.4. The number of nitrogens with one attached hydrogen (secondary N) is 2. The van der Waals surface area contributed by atoms with Crippen molar-refractivity contribution in [1.29, 1.82) is 0 Å². The van der Waals surface area contributed by atoms with Gasteiger partial charge in [0.25, 0.3) is 5.91 Å². The molecule has 0 unspecified atom stereocenters. The lowest BCUT2D eigenvalue weighted by molar-refractivity contribution is -0.141. The number of rotatable bonds is 7. The van der Waals surface area contributed by atoms with Gasteiger partial charge in [-0.1, -0.05) is 18.2 Å². The van der Waals surface area contributed by atoms with Crippen molar-refractivity contribution in [3.8, 4) is 5.69 Å². The molecule has 0 radical (unpaired) electrons. The number of carbonyl (C=O) groups excluding carboxylic acids is 2. The van der Waals surface area contributed by atoms with Gasteiger partial charge in [-0.2, -0.15) is 18.3 Å². The second-order valence-electron chi connectivity index (χ2n) is 7.43. The Morgan fingerprint density at radius 2 is 1.68 bits per heavy atom. The lowest BCUT2D eigenvalue weighted by atomic mass is 10.2. The largest absolute Gasteiger partial charge is 0.435 e. The normalized spacial score (nSPS) is 12.3. The van der Waals surface area contributed by atoms with E-state index < -0.39 is 47.1 Å². The number of nitrogens with two attached hydrogens (primary N) is 1. The molecular formula is C22H20F5N5O2. The Hall–Kier alpha value is -3.80. The summed E-state index contributed by atoms with van der Waals surface area (Å²) in [5.41, 5.74) is 4.65. The van der Waals surface area contributed by atoms with Gasteiger partial charge in [0, 0.05) is 19.2 Å². The highest BCUT2D eigenvalue weighted by Crippen LogP contribution is 2.29. The summed E-state index contributed by atoms with van der Waals surface area (Å²) in [6, 6.07) is 8.88. The summed E-state index contributed by atoms with van der Waals surface area (Å²) in [7, 11) is 0. The molecule has 7 nitrogen and oxygen atoms in total. The van der Waals surface area contributed by atoms with Crippen molar-refractivity contribution in [3.63, 3.8) is 0 Å². The van der Waals surface area contributed by atoms with Crippen molar-refractivity contribution in [3.05, 3.63) is 82.7 Å². The summed E-state index contributed by atoms with van der Waals surface area (Å²) in [4.78, 5) is 24.4. The smallest absolute Gasteiger partial charge is 0.351 e. The predicted octanol–water partition coefficient (Wildman–Crippen LogP) is 3.06. The van der Waals surface area contributed by atoms with Crippen molar-refractivity contribution in [2.24, 2.45) is 5.73 Å². The number of amides is 2. The second-order valence-corrected chi connectivity index (χ2v) is 7.43. The number of hydrogen-bond donors (Lipinski definition) is 3. The molecule has 0 fully saturated rings. The Morgan fingerprint density at radius 1 is 1.00 bits per heavy atom. The van der Waals surface area contributed by atoms with E-state index in [1.807, 2.05) is 0 Å². The Kier molecular flexibility index (Phi) is 7.30. The fourth-order valence-electron chi connectivity index (χ4n) is 2.95. The Bertz CT molecular complexity index is 1210. The Morgan fingerprint density at radius 3 is 2.32 bits per heavy atom. The number of nitrogens with zero attached hydrogens (tertiary/aromatic N) is 2. The van der Waals surface area contributed by atoms with Crippen LogP contribution in [-0.2, 0) is 24.1 Å². The fourth-order valence-corrected chi connectivity index (χ4v) is 2.95. The first-order chi connectivity index (χ1) is 16.0. The average molecular weight is 481 g/mol. The van der Waals surface area contributed by atoms with Crippen LogP contribution in [0, 0.1) is 11.6 Å². The molecule has 1 heterocycles. The van der Waals surface area contributed by atoms with Crippen LogP contribution >= 0.6 is 0 Å². The molecule has 4 N–H and O–H groups in total. The van der Waals surface area contributed by atoms with Gasteiger partial charge in [0.1, 0.15) is 5.69 Å². The number of carbonyl (C=O) groups is 2. The van der Waals surface area contributed by atoms with Crippen LogP contribution in [0.3, 0.4) is 0 Å². The Labute approximate surface area is 190 Å². The van der Waals surface area contributed by atoms with Gasteiger partial charge in [-0.25, -0.2) is 13.5 Å². The third-order valence-electron chi connectivity index (χ3n) is 4.70. The van der Waals surface area contributed by atoms with Gasteiger partial charge in [-0.3, -0.25) is 9.59 Å². The fraction of sp³-hybridized carbons (Fsp3) is 0.227. The molecule has 0 aliphatic rings. The van der Waals surface area contributed by atoms with Gasteiger partial charge < -0.3 is 16.4 Å². The zero-order chi connectivity index (χ0) is 25.0. The van der Waals surface area contributed by atoms with Gasteiger partial charge >= 0.3 is 6.18 Å². The molecule has 34 heavy (non-hydrogen) atoms. The maximum absolute atomic E-state index is 13.4. The molecule has 0 saturated heterocycles. The van der Waals surface area contributed by atoms with Crippen LogP contribution in [0.25, 0.3) is 5.69 Å². The lowest BCUT2D eigenvalue weighted by Crippen LogP contribution is -2.37. The minimum atomic E-state index is -4.82. The summed E-state index contributed by atoms with van der Waals surface area (Å²) in [5.74, 6) is -3.52. The van der Waals surface area contributed by atoms with Gasteiger partial charge in [0.15, 0.2) is 17.3 Å². The molecule has 0 bridgehead atoms. The topological polar surface area (TPSA) is 102 Å². The molecule has 180 valence electrons. The van der Waals surface area contributed by atoms with Crippen molar-refractivity contribution >= 4 is 11.8 Å². The molecule has 0 spiro atoms. The van der Waals surface area contributed by atoms with Gasteiger partial charge in [-0.05, 0) is 42.3 Å². The highest BCUT2D eigenvalue weighted by Gasteiger charge is 2.36. The summed E-state index contributed by atoms with van der Waals surface area (Å²) < 4.78 is 67.2. The molecule has 0 aliphatic carbocycles. The van der Waals surface area contributed by atoms with E-state index in [2.05, 4.69) is 15.7 Å². The lowest BCUT2D eigenvalue weighted by Gasteiger charge is -2.11. The minimum Gasteiger partial charge on any atom is -0.351 e. The van der Waals surface area contributed by atoms with Crippen LogP contribution in [-0.4, -0.2) is 27.6 Å². The van der Waals surface area contributed by atoms with E-state index in [4.69, 9.17) is 5.73 Å². The van der Waals surface area contributed by atoms with Crippen molar-refractivity contribution in [1.82, 2.24) is 20.4 Å². The van der Waals surface area contributed by atoms with Gasteiger partial charge in [0.05, 0.1) is 11.7 Å². The molecule has 3 aromatic rings. The van der Waals surface area contributed by atoms with E-state index in [1.54, 1.807) is 6.07 Å². The molecule has 1 aromatic heterocycles. The number of hydrogen-bond acceptors (Lipinski definition) is 4. The molecular weight excluding hydrogens is 461 g/mol. The summed E-state index contributed by atoms with van der Waals surface area (Å²) in [6.45, 7) is 1.30. The van der Waals surface area contributed by atoms with Crippen LogP contribution in [0.15, 0.2) is 48.5 Å². The van der Waals surface area contributed by atoms with Crippen LogP contribution in [0.5, 0.6) is 0 Å². The van der Waals surface area contributed by atoms with E-state index in [9.17, 15) is 31.5 Å². The van der Waals surface area contributed by atoms with Crippen LogP contribution in [0.2, 0.25) is 0 Å². The minimum absolute atomic E-state index is 0.0548. The maximum Gasteiger partial charge on any atom is 0.435 e. The number of benzene rings is 2. The number of aromatic nitrogens is 2. The molecule has 0 saturated carbocycles. The van der Waals surface area contributed by atoms with Crippen LogP contribution in [0.1, 0.15) is 34.2 Å². The summed E-state index contributed by atoms with van der Waals surface area (Å²) >= 11 is 0. The van der Waals surface area contributed by atoms with Crippen LogP contribution in [0.4, 0.5) is 22.0 Å². The van der Waals surface area contributed by atoms with E-state index in [0.29, 0.717) is 11.6 Å². The molecule has 12 heteroatoms. The molecule has 1 atom stereocenters. The van der Waals surface area contributed by atoms with Gasteiger partial charge in [0.2, 0.25) is 5.91 Å². The first-order valence-corrected chi connectivity index (χ1v) is 9.97. The first kappa shape index (κ1) is 24.8. The van der Waals surface area contributed by atoms with Crippen molar-refractivity contribution < 1.29 is 31.5 Å². The molecule has 2 amide bonds. The highest BCUT2D eigenvalue weighted by molar-refractivity contribution is 5.93. The second kappa shape index (κ2) is 10.00. The summed E-state index contributed by atoms with van der Waals surface area (Å²) in [5, 5.41) is 8.49. The van der Waals surface area contributed by atoms with Crippen molar-refractivity contribution in [2.45, 2.75) is 32.2 Å². The van der Waals surface area contributed by atoms with E-state index in [-0.39, 0.29) is 24.3 Å². The zero-order valence-corrected chi connectivity index (χ0v) is 17.8. The molecule has 2 aromatic carbocycles. The first-order valence-electron chi connectivity index (χ1n) is 9.97. The number of halogens is 5. The SMILES string of the molecule is C[C@H](N)C(=O)NCc1cccc(-n2nc(C(F)(F)F)cc2C(=O)NCc2ccc(F)c(F)c2)c1. The quantitative estimate of drug-likeness (QED) is 0.452. The van der Waals surface area contributed by atoms with E-state index in [1.165, 1.54) is 31.2 Å². The average Bonchev–Trinajstić information content (AvgIpc) is 3.24. The summed E-state index contributed by atoms with van der Waals surface area (Å²) in [6.07, 6.45) is -4.82. The monoisotopic (exact) mass is 481 g/mol. The molecule has 0 aliphatic heterocycles. The van der Waals surface area contributed by atoms with Gasteiger partial charge in [-0.15, -0.1) is 0 Å². The van der Waals surface area contributed by atoms with Crippen LogP contribution < -0.4 is 16.4 Å². The third kappa shape index (κ3) is 5.95. The third-order valence-corrected chi connectivity index (χ3v) is 4.70. The Balaban J connectivity index is 1.88.